The molecule has 3 unspecified atom stereocenters. The van der Waals surface area contributed by atoms with Crippen LogP contribution in [0.1, 0.15) is 107 Å². The summed E-state index contributed by atoms with van der Waals surface area (Å²) in [6.45, 7) is 36.2. The summed E-state index contributed by atoms with van der Waals surface area (Å²) in [5, 5.41) is 0.385. The molecule has 3 fully saturated rings. The van der Waals surface area contributed by atoms with Crippen LogP contribution in [0, 0.1) is 28.6 Å². The number of hydrogen-bond acceptors (Lipinski definition) is 3. The Balaban J connectivity index is 1.68. The summed E-state index contributed by atoms with van der Waals surface area (Å²) in [7, 11) is -3.89. The molecular formula is C37H66O3Si2. The molecule has 0 aromatic rings. The predicted octanol–water partition coefficient (Wildman–Crippen LogP) is 10.9. The Morgan fingerprint density at radius 3 is 2.14 bits per heavy atom. The average molecular weight is 615 g/mol. The van der Waals surface area contributed by atoms with E-state index in [0.29, 0.717) is 29.3 Å². The highest BCUT2D eigenvalue weighted by atomic mass is 28.4. The van der Waals surface area contributed by atoms with Crippen molar-refractivity contribution in [2.75, 3.05) is 6.61 Å². The van der Waals surface area contributed by atoms with Crippen molar-refractivity contribution in [3.8, 4) is 0 Å². The molecule has 8 atom stereocenters. The van der Waals surface area contributed by atoms with Gasteiger partial charge in [0.1, 0.15) is 0 Å². The van der Waals surface area contributed by atoms with Crippen molar-refractivity contribution in [1.29, 1.82) is 0 Å². The predicted molar refractivity (Wildman–Crippen MR) is 185 cm³/mol. The molecule has 42 heavy (non-hydrogen) atoms. The van der Waals surface area contributed by atoms with E-state index in [-0.39, 0.29) is 27.7 Å². The molecule has 0 aromatic carbocycles. The van der Waals surface area contributed by atoms with Gasteiger partial charge in [0.2, 0.25) is 0 Å². The monoisotopic (exact) mass is 614 g/mol. The number of fused-ring (bicyclic) bond motifs is 5. The lowest BCUT2D eigenvalue weighted by Gasteiger charge is -2.59. The van der Waals surface area contributed by atoms with Crippen molar-refractivity contribution in [3.05, 3.63) is 36.0 Å². The molecule has 0 radical (unpaired) electrons. The van der Waals surface area contributed by atoms with Gasteiger partial charge >= 0.3 is 0 Å². The first-order valence-corrected chi connectivity index (χ1v) is 23.0. The fourth-order valence-electron chi connectivity index (χ4n) is 8.66. The highest BCUT2D eigenvalue weighted by Crippen LogP contribution is 2.66. The Labute approximate surface area is 262 Å². The summed E-state index contributed by atoms with van der Waals surface area (Å²) in [5.74, 6) is 1.84. The van der Waals surface area contributed by atoms with E-state index in [1.165, 1.54) is 25.7 Å². The van der Waals surface area contributed by atoms with Gasteiger partial charge in [0.05, 0.1) is 24.9 Å². The molecule has 0 bridgehead atoms. The van der Waals surface area contributed by atoms with Gasteiger partial charge in [0, 0.05) is 5.41 Å². The Kier molecular flexibility index (Phi) is 9.60. The fourth-order valence-corrected chi connectivity index (χ4v) is 11.4. The van der Waals surface area contributed by atoms with Gasteiger partial charge in [0.15, 0.2) is 16.6 Å². The van der Waals surface area contributed by atoms with E-state index in [4.69, 9.17) is 13.6 Å². The molecule has 5 heteroatoms. The lowest BCUT2D eigenvalue weighted by Crippen LogP contribution is -2.58. The number of ether oxygens (including phenoxy) is 1. The second-order valence-electron chi connectivity index (χ2n) is 17.9. The van der Waals surface area contributed by atoms with Crippen molar-refractivity contribution in [2.45, 2.75) is 162 Å². The molecule has 0 aliphatic heterocycles. The van der Waals surface area contributed by atoms with Crippen molar-refractivity contribution >= 4 is 16.6 Å². The van der Waals surface area contributed by atoms with E-state index in [1.54, 1.807) is 11.1 Å². The fraction of sp³-hybridized carbons (Fsp3) is 0.838. The second kappa shape index (κ2) is 11.7. The van der Waals surface area contributed by atoms with Gasteiger partial charge in [0.25, 0.3) is 0 Å². The van der Waals surface area contributed by atoms with Gasteiger partial charge in [-0.15, -0.1) is 6.58 Å². The van der Waals surface area contributed by atoms with Crippen LogP contribution >= 0.6 is 0 Å². The largest absolute Gasteiger partial charge is 0.414 e. The first kappa shape index (κ1) is 34.4. The van der Waals surface area contributed by atoms with E-state index in [2.05, 4.69) is 107 Å². The minimum absolute atomic E-state index is 0.0401. The zero-order valence-electron chi connectivity index (χ0n) is 29.8. The lowest BCUT2D eigenvalue weighted by molar-refractivity contribution is -0.0576. The molecule has 0 heterocycles. The third-order valence-electron chi connectivity index (χ3n) is 13.5. The molecule has 4 rings (SSSR count). The van der Waals surface area contributed by atoms with Crippen LogP contribution in [0.4, 0.5) is 0 Å². The normalized spacial score (nSPS) is 36.4. The van der Waals surface area contributed by atoms with Crippen LogP contribution in [0.5, 0.6) is 0 Å². The highest BCUT2D eigenvalue weighted by molar-refractivity contribution is 6.74. The highest BCUT2D eigenvalue weighted by Gasteiger charge is 2.61. The van der Waals surface area contributed by atoms with Crippen LogP contribution < -0.4 is 0 Å². The quantitative estimate of drug-likeness (QED) is 0.147. The van der Waals surface area contributed by atoms with E-state index < -0.39 is 16.6 Å². The van der Waals surface area contributed by atoms with Gasteiger partial charge in [-0.3, -0.25) is 0 Å². The molecular weight excluding hydrogens is 549 g/mol. The van der Waals surface area contributed by atoms with Crippen molar-refractivity contribution in [1.82, 2.24) is 0 Å². The summed E-state index contributed by atoms with van der Waals surface area (Å²) < 4.78 is 21.1. The summed E-state index contributed by atoms with van der Waals surface area (Å²) >= 11 is 0. The van der Waals surface area contributed by atoms with Crippen molar-refractivity contribution in [3.63, 3.8) is 0 Å². The van der Waals surface area contributed by atoms with Crippen molar-refractivity contribution in [2.24, 2.45) is 28.6 Å². The zero-order chi connectivity index (χ0) is 31.5. The van der Waals surface area contributed by atoms with Crippen LogP contribution in [-0.2, 0) is 13.6 Å². The van der Waals surface area contributed by atoms with Crippen LogP contribution in [0.15, 0.2) is 36.0 Å². The Morgan fingerprint density at radius 2 is 1.55 bits per heavy atom. The first-order valence-electron chi connectivity index (χ1n) is 17.2. The Morgan fingerprint density at radius 1 is 0.929 bits per heavy atom. The maximum Gasteiger partial charge on any atom is 0.192 e. The van der Waals surface area contributed by atoms with E-state index >= 15 is 0 Å². The molecule has 4 aliphatic rings. The van der Waals surface area contributed by atoms with E-state index in [1.807, 2.05) is 6.08 Å². The van der Waals surface area contributed by atoms with Crippen LogP contribution in [-0.4, -0.2) is 41.6 Å². The molecule has 3 saturated carbocycles. The molecule has 0 spiro atoms. The maximum atomic E-state index is 7.52. The average Bonchev–Trinajstić information content (AvgIpc) is 3.20. The molecule has 0 amide bonds. The van der Waals surface area contributed by atoms with Crippen molar-refractivity contribution < 1.29 is 13.6 Å². The molecule has 0 aromatic heterocycles. The Bertz CT molecular complexity index is 1060. The van der Waals surface area contributed by atoms with Gasteiger partial charge in [-0.1, -0.05) is 84.8 Å². The van der Waals surface area contributed by atoms with Crippen LogP contribution in [0.25, 0.3) is 0 Å². The summed E-state index contributed by atoms with van der Waals surface area (Å²) in [6, 6.07) is 0. The topological polar surface area (TPSA) is 27.7 Å². The van der Waals surface area contributed by atoms with Gasteiger partial charge in [-0.25, -0.2) is 0 Å². The van der Waals surface area contributed by atoms with E-state index in [9.17, 15) is 0 Å². The van der Waals surface area contributed by atoms with Crippen LogP contribution in [0.3, 0.4) is 0 Å². The molecule has 4 aliphatic carbocycles. The van der Waals surface area contributed by atoms with E-state index in [0.717, 1.165) is 25.9 Å². The third kappa shape index (κ3) is 6.05. The molecule has 3 nitrogen and oxygen atoms in total. The van der Waals surface area contributed by atoms with Gasteiger partial charge in [-0.2, -0.15) is 0 Å². The maximum absolute atomic E-state index is 7.52. The van der Waals surface area contributed by atoms with Gasteiger partial charge in [-0.05, 0) is 111 Å². The molecule has 240 valence electrons. The minimum atomic E-state index is -1.99. The van der Waals surface area contributed by atoms with Crippen LogP contribution in [0.2, 0.25) is 36.3 Å². The third-order valence-corrected chi connectivity index (χ3v) is 22.5. The summed E-state index contributed by atoms with van der Waals surface area (Å²) in [6.07, 6.45) is 16.0. The second-order valence-corrected chi connectivity index (χ2v) is 27.4. The standard InChI is InChI=1S/C37H66O3Si2/c1-15-16-23-38-26(2)30-19-20-31-29-18-17-27-24-28(39-41(11,12)34(3,4)5)25-33(40-42(13,14)35(6,7)8)37(27,10)32(29)21-22-36(30,31)9/h15,17-18,26,28,30-33H,1,16,19-25H2,2-14H3/t26?,28?,30-,31+,32+,33?,36-,37+/m1/s1. The number of hydrogen-bond donors (Lipinski definition) is 0. The summed E-state index contributed by atoms with van der Waals surface area (Å²) in [4.78, 5) is 0. The van der Waals surface area contributed by atoms with Gasteiger partial charge < -0.3 is 13.6 Å². The number of rotatable bonds is 9. The SMILES string of the molecule is C=CCCOC(C)[C@H]1CC[C@H]2C3=CC=C4CC(O[Si](C)(C)C(C)(C)C)CC(O[Si](C)(C)C(C)(C)C)[C@]4(C)[C@H]3CC[C@]12C. The number of allylic oxidation sites excluding steroid dienone is 3. The Hall–Kier alpha value is -0.466. The lowest BCUT2D eigenvalue weighted by atomic mass is 9.49. The zero-order valence-corrected chi connectivity index (χ0v) is 31.8. The smallest absolute Gasteiger partial charge is 0.192 e. The molecule has 0 saturated heterocycles. The summed E-state index contributed by atoms with van der Waals surface area (Å²) in [5.41, 5.74) is 3.67. The minimum Gasteiger partial charge on any atom is -0.414 e. The molecule has 0 N–H and O–H groups in total. The first-order chi connectivity index (χ1) is 19.2.